The fraction of sp³-hybridized carbons (Fsp3) is 0.160. The predicted octanol–water partition coefficient (Wildman–Crippen LogP) is 4.02. The highest BCUT2D eigenvalue weighted by Crippen LogP contribution is 2.41. The van der Waals surface area contributed by atoms with Crippen molar-refractivity contribution in [3.05, 3.63) is 82.2 Å². The smallest absolute Gasteiger partial charge is 0.265 e. The van der Waals surface area contributed by atoms with E-state index in [1.54, 1.807) is 36.7 Å². The minimum Gasteiger partial charge on any atom is -0.392 e. The summed E-state index contributed by atoms with van der Waals surface area (Å²) in [5.74, 6) is -0.0479. The number of aromatic nitrogens is 4. The monoisotopic (exact) mass is 441 g/mol. The quantitative estimate of drug-likeness (QED) is 0.390. The first kappa shape index (κ1) is 19.6. The van der Waals surface area contributed by atoms with Crippen LogP contribution in [-0.4, -0.2) is 24.6 Å². The van der Waals surface area contributed by atoms with Gasteiger partial charge < -0.3 is 15.8 Å². The molecule has 8 heteroatoms. The number of halogens is 1. The number of nitrogens with zero attached hydrogens (tertiary/aromatic N) is 3. The number of nitrogen functional groups attached to an aromatic ring is 1. The van der Waals surface area contributed by atoms with Crippen LogP contribution in [-0.2, 0) is 6.61 Å². The maximum absolute atomic E-state index is 15.0. The molecule has 4 N–H and O–H groups in total. The standard InChI is InChI=1S/C25H20FN5O2/c26-19-11-15(13-4-5-13)10-14-7-9-31(24(33)21(14)19)20-3-1-2-16(18(20)12-32)22-17-6-8-28-23(17)30-25(27)29-22/h1-3,6-11,13,32H,4-5,12H2,(H3,27,28,29,30). The second-order valence-electron chi connectivity index (χ2n) is 8.36. The molecule has 0 aliphatic heterocycles. The van der Waals surface area contributed by atoms with Gasteiger partial charge in [-0.15, -0.1) is 0 Å². The van der Waals surface area contributed by atoms with Gasteiger partial charge in [-0.05, 0) is 54.0 Å². The first-order chi connectivity index (χ1) is 16.0. The van der Waals surface area contributed by atoms with Gasteiger partial charge in [-0.2, -0.15) is 4.98 Å². The Hall–Kier alpha value is -4.04. The summed E-state index contributed by atoms with van der Waals surface area (Å²) in [6.45, 7) is -0.352. The fourth-order valence-electron chi connectivity index (χ4n) is 4.54. The number of aromatic amines is 1. The van der Waals surface area contributed by atoms with Crippen LogP contribution < -0.4 is 11.3 Å². The van der Waals surface area contributed by atoms with Crippen molar-refractivity contribution in [1.29, 1.82) is 0 Å². The molecule has 0 unspecified atom stereocenters. The Balaban J connectivity index is 1.58. The van der Waals surface area contributed by atoms with E-state index in [9.17, 15) is 9.90 Å². The summed E-state index contributed by atoms with van der Waals surface area (Å²) in [6.07, 6.45) is 5.46. The Labute approximate surface area is 187 Å². The van der Waals surface area contributed by atoms with Gasteiger partial charge in [0.25, 0.3) is 5.56 Å². The van der Waals surface area contributed by atoms with Gasteiger partial charge >= 0.3 is 0 Å². The SMILES string of the molecule is Nc1nc(-c2cccc(-n3ccc4cc(C5CC5)cc(F)c4c3=O)c2CO)c2cc[nH]c2n1. The lowest BCUT2D eigenvalue weighted by Gasteiger charge is -2.16. The Morgan fingerprint density at radius 2 is 2.03 bits per heavy atom. The number of hydrogen-bond donors (Lipinski definition) is 3. The maximum atomic E-state index is 15.0. The second kappa shape index (κ2) is 7.25. The summed E-state index contributed by atoms with van der Waals surface area (Å²) in [6, 6.07) is 12.2. The normalized spacial score (nSPS) is 13.8. The summed E-state index contributed by atoms with van der Waals surface area (Å²) in [4.78, 5) is 25.0. The zero-order chi connectivity index (χ0) is 22.7. The third-order valence-electron chi connectivity index (χ3n) is 6.28. The van der Waals surface area contributed by atoms with Crippen LogP contribution in [0.4, 0.5) is 10.3 Å². The summed E-state index contributed by atoms with van der Waals surface area (Å²) in [5.41, 5.74) is 9.02. The molecular weight excluding hydrogens is 421 g/mol. The van der Waals surface area contributed by atoms with E-state index in [2.05, 4.69) is 15.0 Å². The second-order valence-corrected chi connectivity index (χ2v) is 8.36. The predicted molar refractivity (Wildman–Crippen MR) is 125 cm³/mol. The Morgan fingerprint density at radius 3 is 2.82 bits per heavy atom. The molecule has 33 heavy (non-hydrogen) atoms. The van der Waals surface area contributed by atoms with Gasteiger partial charge in [0, 0.05) is 28.9 Å². The van der Waals surface area contributed by atoms with Crippen LogP contribution in [0.25, 0.3) is 38.8 Å². The summed E-state index contributed by atoms with van der Waals surface area (Å²) >= 11 is 0. The van der Waals surface area contributed by atoms with E-state index in [0.717, 1.165) is 23.8 Å². The molecule has 164 valence electrons. The molecule has 1 aliphatic carbocycles. The Morgan fingerprint density at radius 1 is 1.18 bits per heavy atom. The van der Waals surface area contributed by atoms with Crippen molar-refractivity contribution < 1.29 is 9.50 Å². The number of aliphatic hydroxyl groups excluding tert-OH is 1. The van der Waals surface area contributed by atoms with Gasteiger partial charge in [0.2, 0.25) is 5.95 Å². The number of pyridine rings is 1. The molecule has 2 aromatic carbocycles. The fourth-order valence-corrected chi connectivity index (χ4v) is 4.54. The molecule has 1 fully saturated rings. The van der Waals surface area contributed by atoms with Gasteiger partial charge in [0.05, 0.1) is 23.4 Å². The third kappa shape index (κ3) is 3.10. The van der Waals surface area contributed by atoms with E-state index >= 15 is 4.39 Å². The molecule has 0 atom stereocenters. The van der Waals surface area contributed by atoms with Gasteiger partial charge in [0.1, 0.15) is 11.5 Å². The van der Waals surface area contributed by atoms with E-state index in [4.69, 9.17) is 5.73 Å². The number of nitrogens with two attached hydrogens (primary N) is 1. The number of nitrogens with one attached hydrogen (secondary N) is 1. The van der Waals surface area contributed by atoms with E-state index in [1.165, 1.54) is 10.6 Å². The molecule has 1 aliphatic rings. The lowest BCUT2D eigenvalue weighted by molar-refractivity contribution is 0.282. The lowest BCUT2D eigenvalue weighted by atomic mass is 10.00. The topological polar surface area (TPSA) is 110 Å². The van der Waals surface area contributed by atoms with E-state index in [-0.39, 0.29) is 17.9 Å². The van der Waals surface area contributed by atoms with Crippen LogP contribution in [0.15, 0.2) is 59.7 Å². The summed E-state index contributed by atoms with van der Waals surface area (Å²) in [7, 11) is 0. The number of H-pyrrole nitrogens is 1. The number of fused-ring (bicyclic) bond motifs is 2. The van der Waals surface area contributed by atoms with Gasteiger partial charge in [-0.25, -0.2) is 9.37 Å². The number of benzene rings is 2. The highest BCUT2D eigenvalue weighted by Gasteiger charge is 2.25. The summed E-state index contributed by atoms with van der Waals surface area (Å²) in [5, 5.41) is 11.7. The first-order valence-corrected chi connectivity index (χ1v) is 10.7. The lowest BCUT2D eigenvalue weighted by Crippen LogP contribution is -2.20. The van der Waals surface area contributed by atoms with Gasteiger partial charge in [-0.3, -0.25) is 9.36 Å². The number of hydrogen-bond acceptors (Lipinski definition) is 5. The van der Waals surface area contributed by atoms with Crippen molar-refractivity contribution in [1.82, 2.24) is 19.5 Å². The highest BCUT2D eigenvalue weighted by molar-refractivity contribution is 5.93. The zero-order valence-corrected chi connectivity index (χ0v) is 17.5. The van der Waals surface area contributed by atoms with E-state index < -0.39 is 11.4 Å². The molecule has 0 amide bonds. The first-order valence-electron chi connectivity index (χ1n) is 10.7. The van der Waals surface area contributed by atoms with Crippen LogP contribution in [0.3, 0.4) is 0 Å². The van der Waals surface area contributed by atoms with Crippen molar-refractivity contribution in [2.75, 3.05) is 5.73 Å². The molecule has 0 saturated heterocycles. The molecule has 3 aromatic heterocycles. The molecule has 3 heterocycles. The highest BCUT2D eigenvalue weighted by atomic mass is 19.1. The number of anilines is 1. The van der Waals surface area contributed by atoms with Crippen molar-refractivity contribution in [2.45, 2.75) is 25.4 Å². The van der Waals surface area contributed by atoms with Crippen molar-refractivity contribution >= 4 is 27.8 Å². The summed E-state index contributed by atoms with van der Waals surface area (Å²) < 4.78 is 16.4. The largest absolute Gasteiger partial charge is 0.392 e. The van der Waals surface area contributed by atoms with E-state index in [1.807, 2.05) is 12.1 Å². The molecule has 6 rings (SSSR count). The van der Waals surface area contributed by atoms with Crippen molar-refractivity contribution in [3.63, 3.8) is 0 Å². The van der Waals surface area contributed by atoms with Crippen molar-refractivity contribution in [3.8, 4) is 16.9 Å². The molecule has 5 aromatic rings. The van der Waals surface area contributed by atoms with Crippen LogP contribution in [0.5, 0.6) is 0 Å². The van der Waals surface area contributed by atoms with Crippen LogP contribution >= 0.6 is 0 Å². The zero-order valence-electron chi connectivity index (χ0n) is 17.5. The average molecular weight is 441 g/mol. The molecule has 0 radical (unpaired) electrons. The molecular formula is C25H20FN5O2. The minimum absolute atomic E-state index is 0.0375. The molecule has 1 saturated carbocycles. The average Bonchev–Trinajstić information content (AvgIpc) is 3.56. The molecule has 7 nitrogen and oxygen atoms in total. The minimum atomic E-state index is -0.520. The third-order valence-corrected chi connectivity index (χ3v) is 6.28. The number of aliphatic hydroxyl groups is 1. The number of rotatable bonds is 4. The Kier molecular flexibility index (Phi) is 4.31. The molecule has 0 spiro atoms. The van der Waals surface area contributed by atoms with Gasteiger partial charge in [0.15, 0.2) is 0 Å². The van der Waals surface area contributed by atoms with Gasteiger partial charge in [-0.1, -0.05) is 18.2 Å². The Bertz CT molecular complexity index is 1620. The molecule has 0 bridgehead atoms. The maximum Gasteiger partial charge on any atom is 0.265 e. The van der Waals surface area contributed by atoms with E-state index in [0.29, 0.717) is 39.5 Å². The van der Waals surface area contributed by atoms with Crippen LogP contribution in [0, 0.1) is 5.82 Å². The van der Waals surface area contributed by atoms with Crippen LogP contribution in [0.1, 0.15) is 29.9 Å². The van der Waals surface area contributed by atoms with Crippen LogP contribution in [0.2, 0.25) is 0 Å². The van der Waals surface area contributed by atoms with Crippen molar-refractivity contribution in [2.24, 2.45) is 0 Å².